The first kappa shape index (κ1) is 22.6. The molecular formula is C25H23N3O4S. The van der Waals surface area contributed by atoms with E-state index in [1.165, 1.54) is 24.6 Å². The lowest BCUT2D eigenvalue weighted by atomic mass is 10.0. The molecule has 0 spiro atoms. The number of benzene rings is 2. The number of rotatable bonds is 9. The Labute approximate surface area is 196 Å². The maximum atomic E-state index is 11.6. The van der Waals surface area contributed by atoms with Crippen molar-refractivity contribution >= 4 is 17.3 Å². The molecule has 0 aliphatic carbocycles. The van der Waals surface area contributed by atoms with Crippen molar-refractivity contribution in [1.29, 1.82) is 0 Å². The number of methoxy groups -OCH3 is 1. The van der Waals surface area contributed by atoms with Gasteiger partial charge in [0.25, 0.3) is 0 Å². The second kappa shape index (κ2) is 10.8. The molecule has 0 amide bonds. The summed E-state index contributed by atoms with van der Waals surface area (Å²) in [4.78, 5) is 15.9. The summed E-state index contributed by atoms with van der Waals surface area (Å²) >= 11 is 1.45. The third-order valence-electron chi connectivity index (χ3n) is 4.85. The highest BCUT2D eigenvalue weighted by molar-refractivity contribution is 7.17. The number of hydrogen-bond donors (Lipinski definition) is 0. The molecule has 0 fully saturated rings. The number of hydrogen-bond acceptors (Lipinski definition) is 8. The monoisotopic (exact) mass is 461 g/mol. The molecule has 33 heavy (non-hydrogen) atoms. The van der Waals surface area contributed by atoms with Crippen LogP contribution >= 0.6 is 11.3 Å². The first-order valence-corrected chi connectivity index (χ1v) is 11.3. The number of pyridine rings is 1. The van der Waals surface area contributed by atoms with Gasteiger partial charge in [-0.3, -0.25) is 4.98 Å². The summed E-state index contributed by atoms with van der Waals surface area (Å²) in [6.07, 6.45) is 1.48. The number of esters is 1. The molecule has 0 radical (unpaired) electrons. The molecule has 8 heteroatoms. The third-order valence-corrected chi connectivity index (χ3v) is 5.84. The van der Waals surface area contributed by atoms with Crippen LogP contribution in [-0.2, 0) is 9.47 Å². The molecule has 0 aliphatic rings. The van der Waals surface area contributed by atoms with Crippen LogP contribution in [0.2, 0.25) is 0 Å². The van der Waals surface area contributed by atoms with Gasteiger partial charge >= 0.3 is 5.97 Å². The minimum atomic E-state index is -0.421. The molecule has 168 valence electrons. The Balaban J connectivity index is 1.42. The maximum absolute atomic E-state index is 11.6. The average Bonchev–Trinajstić information content (AvgIpc) is 3.37. The summed E-state index contributed by atoms with van der Waals surface area (Å²) in [6.45, 7) is 3.78. The van der Waals surface area contributed by atoms with Gasteiger partial charge < -0.3 is 14.2 Å². The molecular weight excluding hydrogens is 438 g/mol. The first-order chi connectivity index (χ1) is 16.2. The highest BCUT2D eigenvalue weighted by atomic mass is 32.1. The molecule has 0 N–H and O–H groups in total. The van der Waals surface area contributed by atoms with Gasteiger partial charge in [0.2, 0.25) is 0 Å². The largest absolute Gasteiger partial charge is 0.491 e. The van der Waals surface area contributed by atoms with Crippen molar-refractivity contribution in [3.63, 3.8) is 0 Å². The van der Waals surface area contributed by atoms with Gasteiger partial charge in [-0.1, -0.05) is 47.7 Å². The zero-order chi connectivity index (χ0) is 23.0. The maximum Gasteiger partial charge on any atom is 0.339 e. The highest BCUT2D eigenvalue weighted by Crippen LogP contribution is 2.31. The standard InChI is InChI=1S/C25H23N3O4S/c1-3-31-14-15-32-21-11-8-18(9-12-21)17-4-6-19(7-5-17)23-27-28-24(33-23)22-13-10-20(16-26-22)25(29)30-2/h4-13,16H,3,14-15H2,1-2H3. The molecule has 0 atom stereocenters. The summed E-state index contributed by atoms with van der Waals surface area (Å²) in [5.41, 5.74) is 4.24. The van der Waals surface area contributed by atoms with Gasteiger partial charge in [0.05, 0.1) is 19.3 Å². The van der Waals surface area contributed by atoms with E-state index in [1.807, 2.05) is 43.3 Å². The van der Waals surface area contributed by atoms with Crippen molar-refractivity contribution in [3.8, 4) is 38.1 Å². The molecule has 4 aromatic rings. The highest BCUT2D eigenvalue weighted by Gasteiger charge is 2.12. The van der Waals surface area contributed by atoms with Gasteiger partial charge in [-0.25, -0.2) is 4.79 Å². The van der Waals surface area contributed by atoms with E-state index in [1.54, 1.807) is 12.1 Å². The van der Waals surface area contributed by atoms with Crippen LogP contribution in [0.5, 0.6) is 5.75 Å². The number of aromatic nitrogens is 3. The fraction of sp³-hybridized carbons (Fsp3) is 0.200. The predicted octanol–water partition coefficient (Wildman–Crippen LogP) is 5.14. The van der Waals surface area contributed by atoms with E-state index in [-0.39, 0.29) is 0 Å². The van der Waals surface area contributed by atoms with E-state index in [4.69, 9.17) is 14.2 Å². The van der Waals surface area contributed by atoms with Crippen LogP contribution in [0.4, 0.5) is 0 Å². The van der Waals surface area contributed by atoms with E-state index < -0.39 is 5.97 Å². The van der Waals surface area contributed by atoms with E-state index in [0.29, 0.717) is 36.1 Å². The lowest BCUT2D eigenvalue weighted by Crippen LogP contribution is -2.06. The second-order valence-electron chi connectivity index (χ2n) is 6.98. The molecule has 2 heterocycles. The molecule has 0 aliphatic heterocycles. The van der Waals surface area contributed by atoms with Gasteiger partial charge in [-0.15, -0.1) is 10.2 Å². The Hall–Kier alpha value is -3.62. The van der Waals surface area contributed by atoms with E-state index in [2.05, 4.69) is 27.3 Å². The summed E-state index contributed by atoms with van der Waals surface area (Å²) < 4.78 is 15.7. The Morgan fingerprint density at radius 3 is 2.15 bits per heavy atom. The fourth-order valence-corrected chi connectivity index (χ4v) is 3.94. The number of ether oxygens (including phenoxy) is 3. The van der Waals surface area contributed by atoms with Crippen molar-refractivity contribution in [2.45, 2.75) is 6.92 Å². The summed E-state index contributed by atoms with van der Waals surface area (Å²) in [6, 6.07) is 19.6. The number of carbonyl (C=O) groups excluding carboxylic acids is 1. The molecule has 0 saturated heterocycles. The molecule has 0 unspecified atom stereocenters. The van der Waals surface area contributed by atoms with Crippen LogP contribution in [0.25, 0.3) is 32.4 Å². The zero-order valence-electron chi connectivity index (χ0n) is 18.4. The Morgan fingerprint density at radius 2 is 1.52 bits per heavy atom. The third kappa shape index (κ3) is 5.60. The first-order valence-electron chi connectivity index (χ1n) is 10.5. The minimum Gasteiger partial charge on any atom is -0.491 e. The molecule has 7 nitrogen and oxygen atoms in total. The van der Waals surface area contributed by atoms with Crippen LogP contribution in [-0.4, -0.2) is 48.1 Å². The minimum absolute atomic E-state index is 0.395. The van der Waals surface area contributed by atoms with Crippen molar-refractivity contribution in [3.05, 3.63) is 72.4 Å². The Morgan fingerprint density at radius 1 is 0.848 bits per heavy atom. The van der Waals surface area contributed by atoms with Crippen LogP contribution in [0.15, 0.2) is 66.9 Å². The summed E-state index contributed by atoms with van der Waals surface area (Å²) in [5, 5.41) is 10.0. The lowest BCUT2D eigenvalue weighted by molar-refractivity contribution is 0.0600. The van der Waals surface area contributed by atoms with E-state index in [9.17, 15) is 4.79 Å². The van der Waals surface area contributed by atoms with E-state index >= 15 is 0 Å². The van der Waals surface area contributed by atoms with Crippen molar-refractivity contribution in [2.75, 3.05) is 26.9 Å². The Bertz CT molecular complexity index is 1190. The Kier molecular flexibility index (Phi) is 7.39. The molecule has 0 saturated carbocycles. The second-order valence-corrected chi connectivity index (χ2v) is 7.96. The molecule has 4 rings (SSSR count). The van der Waals surface area contributed by atoms with Gasteiger partial charge in [-0.05, 0) is 42.3 Å². The van der Waals surface area contributed by atoms with Crippen LogP contribution < -0.4 is 4.74 Å². The molecule has 0 bridgehead atoms. The topological polar surface area (TPSA) is 83.4 Å². The quantitative estimate of drug-likeness (QED) is 0.252. The van der Waals surface area contributed by atoms with Crippen LogP contribution in [0.1, 0.15) is 17.3 Å². The zero-order valence-corrected chi connectivity index (χ0v) is 19.2. The van der Waals surface area contributed by atoms with Gasteiger partial charge in [-0.2, -0.15) is 0 Å². The number of carbonyl (C=O) groups is 1. The summed E-state index contributed by atoms with van der Waals surface area (Å²) in [7, 11) is 1.34. The molecule has 2 aromatic heterocycles. The normalized spacial score (nSPS) is 10.7. The smallest absolute Gasteiger partial charge is 0.339 e. The van der Waals surface area contributed by atoms with Crippen molar-refractivity contribution in [2.24, 2.45) is 0 Å². The summed E-state index contributed by atoms with van der Waals surface area (Å²) in [5.74, 6) is 0.403. The predicted molar refractivity (Wildman–Crippen MR) is 127 cm³/mol. The lowest BCUT2D eigenvalue weighted by Gasteiger charge is -2.08. The van der Waals surface area contributed by atoms with Crippen LogP contribution in [0.3, 0.4) is 0 Å². The van der Waals surface area contributed by atoms with Gasteiger partial charge in [0.1, 0.15) is 23.1 Å². The van der Waals surface area contributed by atoms with E-state index in [0.717, 1.165) is 27.4 Å². The average molecular weight is 462 g/mol. The SMILES string of the molecule is CCOCCOc1ccc(-c2ccc(-c3nnc(-c4ccc(C(=O)OC)cn4)s3)cc2)cc1. The van der Waals surface area contributed by atoms with Gasteiger partial charge in [0.15, 0.2) is 5.01 Å². The van der Waals surface area contributed by atoms with Crippen molar-refractivity contribution < 1.29 is 19.0 Å². The fourth-order valence-electron chi connectivity index (χ4n) is 3.11. The van der Waals surface area contributed by atoms with Crippen molar-refractivity contribution in [1.82, 2.24) is 15.2 Å². The van der Waals surface area contributed by atoms with Crippen LogP contribution in [0, 0.1) is 0 Å². The van der Waals surface area contributed by atoms with Gasteiger partial charge in [0, 0.05) is 18.4 Å². The number of nitrogens with zero attached hydrogens (tertiary/aromatic N) is 3. The molecule has 2 aromatic carbocycles.